The number of alkyl carbamates (subject to hydrolysis) is 1. The van der Waals surface area contributed by atoms with Gasteiger partial charge in [0.1, 0.15) is 11.9 Å². The lowest BCUT2D eigenvalue weighted by atomic mass is 9.93. The molecule has 0 saturated heterocycles. The number of carbonyl (C=O) groups is 1. The van der Waals surface area contributed by atoms with E-state index in [9.17, 15) is 4.79 Å². The first-order chi connectivity index (χ1) is 13.4. The fourth-order valence-corrected chi connectivity index (χ4v) is 4.11. The molecule has 0 aromatic carbocycles. The second-order valence-corrected chi connectivity index (χ2v) is 8.91. The molecule has 8 heteroatoms. The molecular formula is C20H28N6O2. The number of amides is 1. The minimum absolute atomic E-state index is 0.0274. The van der Waals surface area contributed by atoms with E-state index in [0.717, 1.165) is 41.9 Å². The zero-order valence-corrected chi connectivity index (χ0v) is 16.9. The van der Waals surface area contributed by atoms with E-state index in [1.165, 1.54) is 0 Å². The van der Waals surface area contributed by atoms with Crippen LogP contribution in [0.4, 0.5) is 4.79 Å². The number of aromatic amines is 1. The first kappa shape index (κ1) is 18.7. The Bertz CT molecular complexity index is 986. The Kier molecular flexibility index (Phi) is 4.72. The Morgan fingerprint density at radius 2 is 2.18 bits per heavy atom. The second-order valence-electron chi connectivity index (χ2n) is 8.91. The fraction of sp³-hybridized carbons (Fsp3) is 0.600. The van der Waals surface area contributed by atoms with Gasteiger partial charge in [-0.15, -0.1) is 10.2 Å². The van der Waals surface area contributed by atoms with E-state index < -0.39 is 0 Å². The number of nitrogens with zero attached hydrogens (tertiary/aromatic N) is 4. The lowest BCUT2D eigenvalue weighted by molar-refractivity contribution is 0.0955. The van der Waals surface area contributed by atoms with E-state index in [1.54, 1.807) is 6.20 Å². The molecule has 1 aliphatic carbocycles. The number of fused-ring (bicyclic) bond motifs is 3. The molecule has 0 aliphatic heterocycles. The summed E-state index contributed by atoms with van der Waals surface area (Å²) in [6.45, 7) is 9.01. The topological polar surface area (TPSA) is 97.2 Å². The van der Waals surface area contributed by atoms with Gasteiger partial charge in [0.05, 0.1) is 11.7 Å². The van der Waals surface area contributed by atoms with Crippen molar-refractivity contribution < 1.29 is 9.53 Å². The zero-order valence-electron chi connectivity index (χ0n) is 16.9. The summed E-state index contributed by atoms with van der Waals surface area (Å²) in [6, 6.07) is 1.99. The number of aromatic nitrogens is 5. The molecule has 0 spiro atoms. The summed E-state index contributed by atoms with van der Waals surface area (Å²) in [6.07, 6.45) is 5.78. The Morgan fingerprint density at radius 1 is 1.36 bits per heavy atom. The van der Waals surface area contributed by atoms with Crippen LogP contribution in [0.25, 0.3) is 16.8 Å². The van der Waals surface area contributed by atoms with Crippen LogP contribution in [0.5, 0.6) is 0 Å². The molecule has 2 N–H and O–H groups in total. The maximum absolute atomic E-state index is 12.2. The van der Waals surface area contributed by atoms with Gasteiger partial charge in [0, 0.05) is 18.7 Å². The molecule has 3 atom stereocenters. The van der Waals surface area contributed by atoms with Crippen molar-refractivity contribution in [2.75, 3.05) is 6.54 Å². The van der Waals surface area contributed by atoms with Gasteiger partial charge in [-0.1, -0.05) is 34.1 Å². The molecule has 3 heterocycles. The number of rotatable bonds is 4. The van der Waals surface area contributed by atoms with E-state index in [4.69, 9.17) is 4.74 Å². The van der Waals surface area contributed by atoms with Crippen molar-refractivity contribution in [2.45, 2.75) is 59.0 Å². The third kappa shape index (κ3) is 3.55. The maximum Gasteiger partial charge on any atom is 0.407 e. The summed E-state index contributed by atoms with van der Waals surface area (Å²) in [7, 11) is 0. The maximum atomic E-state index is 12.2. The molecule has 3 unspecified atom stereocenters. The smallest absolute Gasteiger partial charge is 0.407 e. The molecular weight excluding hydrogens is 356 g/mol. The number of carbonyl (C=O) groups excluding carboxylic acids is 1. The second kappa shape index (κ2) is 7.07. The average molecular weight is 384 g/mol. The Morgan fingerprint density at radius 3 is 2.93 bits per heavy atom. The van der Waals surface area contributed by atoms with Crippen molar-refractivity contribution in [3.8, 4) is 0 Å². The van der Waals surface area contributed by atoms with E-state index in [0.29, 0.717) is 12.5 Å². The molecule has 4 rings (SSSR count). The molecule has 1 fully saturated rings. The number of hydrogen-bond donors (Lipinski definition) is 2. The third-order valence-electron chi connectivity index (χ3n) is 5.51. The number of nitrogens with one attached hydrogen (secondary N) is 2. The molecule has 150 valence electrons. The highest BCUT2D eigenvalue weighted by molar-refractivity contribution is 5.74. The van der Waals surface area contributed by atoms with E-state index in [1.807, 2.05) is 12.3 Å². The van der Waals surface area contributed by atoms with Gasteiger partial charge in [0.15, 0.2) is 11.3 Å². The van der Waals surface area contributed by atoms with Crippen LogP contribution in [-0.2, 0) is 4.74 Å². The predicted molar refractivity (Wildman–Crippen MR) is 106 cm³/mol. The molecule has 0 bridgehead atoms. The zero-order chi connectivity index (χ0) is 19.9. The van der Waals surface area contributed by atoms with Gasteiger partial charge in [-0.3, -0.25) is 4.40 Å². The summed E-state index contributed by atoms with van der Waals surface area (Å²) in [5, 5.41) is 11.7. The van der Waals surface area contributed by atoms with Crippen molar-refractivity contribution >= 4 is 22.9 Å². The lowest BCUT2D eigenvalue weighted by Crippen LogP contribution is -2.34. The Hall–Kier alpha value is -2.64. The molecule has 0 radical (unpaired) electrons. The molecule has 3 aromatic heterocycles. The monoisotopic (exact) mass is 384 g/mol. The van der Waals surface area contributed by atoms with Gasteiger partial charge in [-0.25, -0.2) is 9.78 Å². The first-order valence-corrected chi connectivity index (χ1v) is 9.97. The highest BCUT2D eigenvalue weighted by atomic mass is 16.6. The van der Waals surface area contributed by atoms with Gasteiger partial charge in [0.25, 0.3) is 0 Å². The van der Waals surface area contributed by atoms with Crippen molar-refractivity contribution in [2.24, 2.45) is 11.3 Å². The molecule has 1 saturated carbocycles. The van der Waals surface area contributed by atoms with Crippen molar-refractivity contribution in [3.63, 3.8) is 0 Å². The Balaban J connectivity index is 1.54. The highest BCUT2D eigenvalue weighted by Gasteiger charge is 2.39. The molecule has 1 aliphatic rings. The van der Waals surface area contributed by atoms with Crippen LogP contribution in [0.15, 0.2) is 18.5 Å². The van der Waals surface area contributed by atoms with Crippen LogP contribution in [-0.4, -0.2) is 43.3 Å². The number of ether oxygens (including phenoxy) is 1. The summed E-state index contributed by atoms with van der Waals surface area (Å²) < 4.78 is 7.80. The van der Waals surface area contributed by atoms with E-state index in [-0.39, 0.29) is 23.5 Å². The van der Waals surface area contributed by atoms with E-state index in [2.05, 4.69) is 57.6 Å². The van der Waals surface area contributed by atoms with Gasteiger partial charge >= 0.3 is 6.09 Å². The number of hydrogen-bond acceptors (Lipinski definition) is 5. The molecule has 8 nitrogen and oxygen atoms in total. The van der Waals surface area contributed by atoms with Crippen LogP contribution in [0.1, 0.15) is 58.7 Å². The largest absolute Gasteiger partial charge is 0.446 e. The van der Waals surface area contributed by atoms with Crippen molar-refractivity contribution in [1.82, 2.24) is 29.9 Å². The molecule has 1 amide bonds. The summed E-state index contributed by atoms with van der Waals surface area (Å²) in [5.74, 6) is 1.52. The van der Waals surface area contributed by atoms with Crippen LogP contribution in [0, 0.1) is 11.3 Å². The Labute approximate surface area is 164 Å². The minimum atomic E-state index is -0.334. The van der Waals surface area contributed by atoms with Gasteiger partial charge in [-0.2, -0.15) is 0 Å². The van der Waals surface area contributed by atoms with Crippen LogP contribution < -0.4 is 5.32 Å². The fourth-order valence-electron chi connectivity index (χ4n) is 4.11. The minimum Gasteiger partial charge on any atom is -0.446 e. The highest BCUT2D eigenvalue weighted by Crippen LogP contribution is 2.42. The molecule has 3 aromatic rings. The van der Waals surface area contributed by atoms with Crippen LogP contribution >= 0.6 is 0 Å². The summed E-state index contributed by atoms with van der Waals surface area (Å²) in [4.78, 5) is 19.7. The molecule has 28 heavy (non-hydrogen) atoms. The van der Waals surface area contributed by atoms with Crippen LogP contribution in [0.2, 0.25) is 0 Å². The van der Waals surface area contributed by atoms with Gasteiger partial charge in [-0.05, 0) is 30.2 Å². The van der Waals surface area contributed by atoms with Crippen LogP contribution in [0.3, 0.4) is 0 Å². The van der Waals surface area contributed by atoms with Crippen molar-refractivity contribution in [1.29, 1.82) is 0 Å². The van der Waals surface area contributed by atoms with Gasteiger partial charge < -0.3 is 15.0 Å². The quantitative estimate of drug-likeness (QED) is 0.716. The lowest BCUT2D eigenvalue weighted by Gasteiger charge is -2.20. The van der Waals surface area contributed by atoms with Gasteiger partial charge in [0.2, 0.25) is 0 Å². The standard InChI is InChI=1S/C20H28N6O2/c1-5-12-8-13(28-19(27)23-11-20(2,3)4)9-14(12)18-25-24-16-10-22-17-15(26(16)18)6-7-21-17/h6-7,10,12-14,21H,5,8-9,11H2,1-4H3,(H,23,27). The third-order valence-corrected chi connectivity index (χ3v) is 5.51. The number of H-pyrrole nitrogens is 1. The predicted octanol–water partition coefficient (Wildman–Crippen LogP) is 3.65. The SMILES string of the molecule is CCC1CC(OC(=O)NCC(C)(C)C)CC1c1nnc2cnc3[nH]ccc3n12. The average Bonchev–Trinajstić information content (AvgIpc) is 3.35. The van der Waals surface area contributed by atoms with Crippen molar-refractivity contribution in [3.05, 3.63) is 24.3 Å². The van der Waals surface area contributed by atoms with E-state index >= 15 is 0 Å². The summed E-state index contributed by atoms with van der Waals surface area (Å²) >= 11 is 0. The normalized spacial score (nSPS) is 22.8. The first-order valence-electron chi connectivity index (χ1n) is 9.97. The summed E-state index contributed by atoms with van der Waals surface area (Å²) in [5.41, 5.74) is 2.55.